The van der Waals surface area contributed by atoms with Crippen LogP contribution in [0.4, 0.5) is 5.13 Å². The zero-order chi connectivity index (χ0) is 20.5. The van der Waals surface area contributed by atoms with Crippen LogP contribution in [-0.2, 0) is 0 Å². The Bertz CT molecular complexity index is 1210. The standard InChI is InChI=1S/C20H18N6O2S/c1-11(2)14-9-29-20(24-14)25-19(28)15-8-13(12-6-4-3-5-7-12)23-18-16(17(21)27)22-10-26(15)18/h3-11H,1-2H3,(H2,21,27)(H,24,25,28). The number of imidazole rings is 1. The molecule has 2 amide bonds. The van der Waals surface area contributed by atoms with E-state index >= 15 is 0 Å². The number of aromatic nitrogens is 4. The lowest BCUT2D eigenvalue weighted by atomic mass is 10.1. The van der Waals surface area contributed by atoms with Gasteiger partial charge in [-0.2, -0.15) is 0 Å². The molecule has 4 rings (SSSR count). The highest BCUT2D eigenvalue weighted by atomic mass is 32.1. The number of thiazole rings is 1. The van der Waals surface area contributed by atoms with Crippen molar-refractivity contribution in [1.29, 1.82) is 0 Å². The van der Waals surface area contributed by atoms with Crippen LogP contribution in [0, 0.1) is 0 Å². The summed E-state index contributed by atoms with van der Waals surface area (Å²) in [7, 11) is 0. The summed E-state index contributed by atoms with van der Waals surface area (Å²) in [5.41, 5.74) is 8.19. The molecule has 0 aliphatic rings. The molecule has 0 aliphatic carbocycles. The van der Waals surface area contributed by atoms with Gasteiger partial charge in [-0.1, -0.05) is 44.2 Å². The number of nitrogens with one attached hydrogen (secondary N) is 1. The number of fused-ring (bicyclic) bond motifs is 1. The van der Waals surface area contributed by atoms with Gasteiger partial charge in [0, 0.05) is 10.9 Å². The summed E-state index contributed by atoms with van der Waals surface area (Å²) in [6.07, 6.45) is 1.37. The first kappa shape index (κ1) is 18.8. The van der Waals surface area contributed by atoms with Gasteiger partial charge in [-0.25, -0.2) is 15.0 Å². The molecule has 0 aliphatic heterocycles. The van der Waals surface area contributed by atoms with Crippen molar-refractivity contribution < 1.29 is 9.59 Å². The van der Waals surface area contributed by atoms with Crippen LogP contribution in [-0.4, -0.2) is 31.2 Å². The topological polar surface area (TPSA) is 115 Å². The van der Waals surface area contributed by atoms with E-state index in [-0.39, 0.29) is 28.9 Å². The number of carbonyl (C=O) groups excluding carboxylic acids is 2. The van der Waals surface area contributed by atoms with Crippen LogP contribution in [0.1, 0.15) is 46.4 Å². The minimum absolute atomic E-state index is 0.00757. The Labute approximate surface area is 170 Å². The van der Waals surface area contributed by atoms with Crippen molar-refractivity contribution in [3.63, 3.8) is 0 Å². The second kappa shape index (κ2) is 7.44. The lowest BCUT2D eigenvalue weighted by molar-refractivity contribution is 0.0993. The molecule has 3 heterocycles. The number of amides is 2. The maximum Gasteiger partial charge on any atom is 0.274 e. The highest BCUT2D eigenvalue weighted by Gasteiger charge is 2.20. The maximum absolute atomic E-state index is 13.0. The third-order valence-corrected chi connectivity index (χ3v) is 5.15. The number of anilines is 1. The number of primary amides is 1. The molecule has 0 atom stereocenters. The highest BCUT2D eigenvalue weighted by molar-refractivity contribution is 7.14. The second-order valence-corrected chi connectivity index (χ2v) is 7.59. The van der Waals surface area contributed by atoms with Gasteiger partial charge < -0.3 is 5.73 Å². The predicted molar refractivity (Wildman–Crippen MR) is 111 cm³/mol. The first-order chi connectivity index (χ1) is 13.9. The molecule has 4 aromatic rings. The van der Waals surface area contributed by atoms with Crippen molar-refractivity contribution in [2.24, 2.45) is 5.73 Å². The number of rotatable bonds is 5. The Hall–Kier alpha value is -3.59. The maximum atomic E-state index is 13.0. The van der Waals surface area contributed by atoms with Crippen LogP contribution in [0.5, 0.6) is 0 Å². The Balaban J connectivity index is 1.81. The van der Waals surface area contributed by atoms with Crippen LogP contribution in [0.2, 0.25) is 0 Å². The highest BCUT2D eigenvalue weighted by Crippen LogP contribution is 2.24. The summed E-state index contributed by atoms with van der Waals surface area (Å²) in [6.45, 7) is 4.08. The van der Waals surface area contributed by atoms with E-state index in [0.717, 1.165) is 11.3 Å². The van der Waals surface area contributed by atoms with Crippen molar-refractivity contribution in [3.05, 3.63) is 65.2 Å². The molecule has 29 heavy (non-hydrogen) atoms. The van der Waals surface area contributed by atoms with Crippen LogP contribution in [0.15, 0.2) is 48.1 Å². The molecule has 0 bridgehead atoms. The first-order valence-electron chi connectivity index (χ1n) is 8.94. The van der Waals surface area contributed by atoms with Crippen LogP contribution in [0.25, 0.3) is 16.9 Å². The van der Waals surface area contributed by atoms with Crippen molar-refractivity contribution in [2.45, 2.75) is 19.8 Å². The summed E-state index contributed by atoms with van der Waals surface area (Å²) < 4.78 is 1.46. The molecule has 9 heteroatoms. The zero-order valence-corrected chi connectivity index (χ0v) is 16.6. The van der Waals surface area contributed by atoms with Crippen molar-refractivity contribution in [2.75, 3.05) is 5.32 Å². The molecule has 0 radical (unpaired) electrons. The smallest absolute Gasteiger partial charge is 0.274 e. The average Bonchev–Trinajstić information content (AvgIpc) is 3.35. The number of benzene rings is 1. The normalized spacial score (nSPS) is 11.1. The van der Waals surface area contributed by atoms with Crippen LogP contribution < -0.4 is 11.1 Å². The van der Waals surface area contributed by atoms with Crippen LogP contribution in [0.3, 0.4) is 0 Å². The molecular formula is C20H18N6O2S. The van der Waals surface area contributed by atoms with E-state index in [1.807, 2.05) is 49.6 Å². The van der Waals surface area contributed by atoms with E-state index in [4.69, 9.17) is 5.73 Å². The number of nitrogens with two attached hydrogens (primary N) is 1. The molecule has 1 aromatic carbocycles. The van der Waals surface area contributed by atoms with Gasteiger partial charge in [0.2, 0.25) is 0 Å². The summed E-state index contributed by atoms with van der Waals surface area (Å²) in [5, 5.41) is 5.24. The van der Waals surface area contributed by atoms with Crippen molar-refractivity contribution in [3.8, 4) is 11.3 Å². The summed E-state index contributed by atoms with van der Waals surface area (Å²) >= 11 is 1.36. The molecule has 8 nitrogen and oxygen atoms in total. The third kappa shape index (κ3) is 3.59. The molecular weight excluding hydrogens is 388 g/mol. The number of hydrogen-bond acceptors (Lipinski definition) is 6. The predicted octanol–water partition coefficient (Wildman–Crippen LogP) is 3.33. The summed E-state index contributed by atoms with van der Waals surface area (Å²) in [6, 6.07) is 11.0. The monoisotopic (exact) mass is 406 g/mol. The molecule has 0 saturated carbocycles. The van der Waals surface area contributed by atoms with Crippen molar-refractivity contribution >= 4 is 33.9 Å². The summed E-state index contributed by atoms with van der Waals surface area (Å²) in [5.74, 6) is -0.827. The quantitative estimate of drug-likeness (QED) is 0.527. The third-order valence-electron chi connectivity index (χ3n) is 4.37. The van der Waals surface area contributed by atoms with Crippen LogP contribution >= 0.6 is 11.3 Å². The van der Waals surface area contributed by atoms with Gasteiger partial charge in [-0.3, -0.25) is 19.3 Å². The van der Waals surface area contributed by atoms with E-state index in [1.54, 1.807) is 6.07 Å². The molecule has 0 spiro atoms. The van der Waals surface area contributed by atoms with Gasteiger partial charge in [0.25, 0.3) is 11.8 Å². The number of nitrogens with zero attached hydrogens (tertiary/aromatic N) is 4. The Morgan fingerprint density at radius 2 is 1.93 bits per heavy atom. The molecule has 3 N–H and O–H groups in total. The Morgan fingerprint density at radius 3 is 2.59 bits per heavy atom. The zero-order valence-electron chi connectivity index (χ0n) is 15.8. The van der Waals surface area contributed by atoms with Gasteiger partial charge in [0.1, 0.15) is 12.0 Å². The minimum Gasteiger partial charge on any atom is -0.364 e. The molecule has 0 unspecified atom stereocenters. The van der Waals surface area contributed by atoms with Gasteiger partial charge in [-0.15, -0.1) is 11.3 Å². The fraction of sp³-hybridized carbons (Fsp3) is 0.150. The van der Waals surface area contributed by atoms with Gasteiger partial charge in [0.05, 0.1) is 11.4 Å². The van der Waals surface area contributed by atoms with Gasteiger partial charge in [0.15, 0.2) is 16.5 Å². The average molecular weight is 406 g/mol. The lowest BCUT2D eigenvalue weighted by Crippen LogP contribution is -2.17. The first-order valence-corrected chi connectivity index (χ1v) is 9.82. The van der Waals surface area contributed by atoms with Gasteiger partial charge in [-0.05, 0) is 12.0 Å². The largest absolute Gasteiger partial charge is 0.364 e. The van der Waals surface area contributed by atoms with E-state index < -0.39 is 5.91 Å². The van der Waals surface area contributed by atoms with Gasteiger partial charge >= 0.3 is 0 Å². The molecule has 0 saturated heterocycles. The van der Waals surface area contributed by atoms with E-state index in [1.165, 1.54) is 22.1 Å². The fourth-order valence-corrected chi connectivity index (χ4v) is 3.71. The Kier molecular flexibility index (Phi) is 4.81. The fourth-order valence-electron chi connectivity index (χ4n) is 2.85. The van der Waals surface area contributed by atoms with E-state index in [0.29, 0.717) is 10.8 Å². The number of hydrogen-bond donors (Lipinski definition) is 2. The summed E-state index contributed by atoms with van der Waals surface area (Å²) in [4.78, 5) is 37.8. The lowest BCUT2D eigenvalue weighted by Gasteiger charge is -2.09. The van der Waals surface area contributed by atoms with E-state index in [2.05, 4.69) is 20.3 Å². The van der Waals surface area contributed by atoms with Crippen molar-refractivity contribution in [1.82, 2.24) is 19.4 Å². The second-order valence-electron chi connectivity index (χ2n) is 6.73. The molecule has 3 aromatic heterocycles. The number of carbonyl (C=O) groups is 2. The van der Waals surface area contributed by atoms with E-state index in [9.17, 15) is 9.59 Å². The molecule has 146 valence electrons. The SMILES string of the molecule is CC(C)c1csc(NC(=O)c2cc(-c3ccccc3)nc3c(C(N)=O)ncn23)n1. The Morgan fingerprint density at radius 1 is 1.17 bits per heavy atom. The minimum atomic E-state index is -0.710. The molecule has 0 fully saturated rings.